The number of ether oxygens (including phenoxy) is 1. The quantitative estimate of drug-likeness (QED) is 0.167. The molecular formula is C48H55OZr-. The van der Waals surface area contributed by atoms with Crippen molar-refractivity contribution in [1.29, 1.82) is 0 Å². The van der Waals surface area contributed by atoms with Crippen molar-refractivity contribution < 1.29 is 30.9 Å². The third-order valence-corrected chi connectivity index (χ3v) is 11.4. The van der Waals surface area contributed by atoms with E-state index in [1.807, 2.05) is 7.11 Å². The molecule has 0 amide bonds. The Morgan fingerprint density at radius 3 is 1.76 bits per heavy atom. The monoisotopic (exact) mass is 737 g/mol. The topological polar surface area (TPSA) is 9.23 Å². The minimum atomic E-state index is -0.0895. The number of fused-ring (bicyclic) bond motifs is 3. The van der Waals surface area contributed by atoms with Crippen LogP contribution in [0, 0.1) is 6.92 Å². The van der Waals surface area contributed by atoms with Crippen molar-refractivity contribution >= 4 is 16.8 Å². The zero-order valence-corrected chi connectivity index (χ0v) is 35.0. The van der Waals surface area contributed by atoms with Crippen LogP contribution in [0.1, 0.15) is 132 Å². The molecule has 2 aliphatic carbocycles. The van der Waals surface area contributed by atoms with E-state index in [1.165, 1.54) is 96.8 Å². The van der Waals surface area contributed by atoms with Crippen LogP contribution in [0.5, 0.6) is 5.75 Å². The van der Waals surface area contributed by atoms with Gasteiger partial charge in [-0.25, -0.2) is 0 Å². The Hall–Kier alpha value is -3.09. The van der Waals surface area contributed by atoms with E-state index in [0.29, 0.717) is 0 Å². The Bertz CT molecular complexity index is 2110. The molecule has 1 unspecified atom stereocenters. The van der Waals surface area contributed by atoms with E-state index < -0.39 is 0 Å². The molecule has 50 heavy (non-hydrogen) atoms. The number of methoxy groups -OCH3 is 1. The SMILES string of the molecule is COc1c(C(C)(C)C)cc2c(cc(C)[c-]2C2C(C)=Cc3c2cc2c(c3-c3ccc(C(C)(C)C)cc3)CCC2)c1-c1ccc(C(C)(C)C)cc1.[Zr]. The van der Waals surface area contributed by atoms with Crippen LogP contribution in [-0.4, -0.2) is 7.11 Å². The summed E-state index contributed by atoms with van der Waals surface area (Å²) >= 11 is 0. The summed E-state index contributed by atoms with van der Waals surface area (Å²) in [6, 6.07) is 26.2. The van der Waals surface area contributed by atoms with Crippen LogP contribution < -0.4 is 4.74 Å². The first-order valence-corrected chi connectivity index (χ1v) is 18.4. The van der Waals surface area contributed by atoms with E-state index in [0.717, 1.165) is 5.75 Å². The third-order valence-electron chi connectivity index (χ3n) is 11.4. The third kappa shape index (κ3) is 6.12. The van der Waals surface area contributed by atoms with Gasteiger partial charge in [0.05, 0.1) is 7.11 Å². The molecule has 1 nitrogen and oxygen atoms in total. The predicted octanol–water partition coefficient (Wildman–Crippen LogP) is 13.1. The molecule has 0 aromatic heterocycles. The van der Waals surface area contributed by atoms with Crippen molar-refractivity contribution in [2.24, 2.45) is 0 Å². The summed E-state index contributed by atoms with van der Waals surface area (Å²) in [5, 5.41) is 2.65. The van der Waals surface area contributed by atoms with Crippen LogP contribution in [0.4, 0.5) is 0 Å². The van der Waals surface area contributed by atoms with Gasteiger partial charge in [-0.3, -0.25) is 0 Å². The van der Waals surface area contributed by atoms with E-state index in [9.17, 15) is 0 Å². The summed E-state index contributed by atoms with van der Waals surface area (Å²) in [4.78, 5) is 0. The van der Waals surface area contributed by atoms with Gasteiger partial charge in [0.25, 0.3) is 0 Å². The normalized spacial score (nSPS) is 15.9. The van der Waals surface area contributed by atoms with E-state index in [-0.39, 0.29) is 48.4 Å². The molecule has 5 aromatic rings. The minimum Gasteiger partial charge on any atom is -0.498 e. The molecule has 0 saturated heterocycles. The van der Waals surface area contributed by atoms with E-state index in [2.05, 4.69) is 149 Å². The Labute approximate surface area is 321 Å². The molecule has 0 spiro atoms. The number of hydrogen-bond acceptors (Lipinski definition) is 1. The van der Waals surface area contributed by atoms with Gasteiger partial charge in [-0.1, -0.05) is 135 Å². The Morgan fingerprint density at radius 2 is 1.24 bits per heavy atom. The van der Waals surface area contributed by atoms with Crippen molar-refractivity contribution in [3.8, 4) is 28.0 Å². The first kappa shape index (κ1) is 36.7. The molecule has 0 N–H and O–H groups in total. The van der Waals surface area contributed by atoms with E-state index in [1.54, 1.807) is 11.1 Å². The molecule has 1 atom stereocenters. The van der Waals surface area contributed by atoms with Crippen LogP contribution in [0.2, 0.25) is 0 Å². The average Bonchev–Trinajstić information content (AvgIpc) is 3.71. The molecule has 2 aliphatic rings. The number of aryl methyl sites for hydroxylation is 2. The van der Waals surface area contributed by atoms with Gasteiger partial charge < -0.3 is 4.74 Å². The van der Waals surface area contributed by atoms with Gasteiger partial charge in [0.15, 0.2) is 0 Å². The van der Waals surface area contributed by atoms with Crippen LogP contribution in [-0.2, 0) is 55.3 Å². The largest absolute Gasteiger partial charge is 0.498 e. The molecule has 258 valence electrons. The number of benzene rings is 4. The van der Waals surface area contributed by atoms with Crippen LogP contribution in [0.15, 0.2) is 72.3 Å². The molecule has 0 heterocycles. The number of rotatable bonds is 4. The Kier molecular flexibility index (Phi) is 9.43. The summed E-state index contributed by atoms with van der Waals surface area (Å²) in [6.07, 6.45) is 6.09. The van der Waals surface area contributed by atoms with Crippen LogP contribution in [0.25, 0.3) is 39.1 Å². The van der Waals surface area contributed by atoms with Crippen molar-refractivity contribution in [2.45, 2.75) is 118 Å². The summed E-state index contributed by atoms with van der Waals surface area (Å²) in [7, 11) is 1.84. The second-order valence-electron chi connectivity index (χ2n) is 18.0. The van der Waals surface area contributed by atoms with Crippen LogP contribution in [0.3, 0.4) is 0 Å². The first-order chi connectivity index (χ1) is 23.0. The summed E-state index contributed by atoms with van der Waals surface area (Å²) in [6.45, 7) is 25.4. The zero-order chi connectivity index (χ0) is 35.2. The van der Waals surface area contributed by atoms with E-state index in [4.69, 9.17) is 4.74 Å². The fraction of sp³-hybridized carbons (Fsp3) is 0.396. The number of allylic oxidation sites excluding steroid dienone is 1. The smallest absolute Gasteiger partial charge is 0.111 e. The molecule has 2 heteroatoms. The molecule has 0 fully saturated rings. The maximum Gasteiger partial charge on any atom is 0.111 e. The van der Waals surface area contributed by atoms with Crippen molar-refractivity contribution in [3.63, 3.8) is 0 Å². The van der Waals surface area contributed by atoms with E-state index >= 15 is 0 Å². The second-order valence-corrected chi connectivity index (χ2v) is 18.0. The molecule has 0 saturated carbocycles. The molecular weight excluding hydrogens is 684 g/mol. The fourth-order valence-corrected chi connectivity index (χ4v) is 8.72. The average molecular weight is 739 g/mol. The van der Waals surface area contributed by atoms with Crippen molar-refractivity contribution in [3.05, 3.63) is 122 Å². The van der Waals surface area contributed by atoms with Crippen molar-refractivity contribution in [2.75, 3.05) is 7.11 Å². The van der Waals surface area contributed by atoms with Crippen LogP contribution >= 0.6 is 0 Å². The molecule has 0 bridgehead atoms. The van der Waals surface area contributed by atoms with Gasteiger partial charge >= 0.3 is 0 Å². The molecule has 0 radical (unpaired) electrons. The Morgan fingerprint density at radius 1 is 0.680 bits per heavy atom. The zero-order valence-electron chi connectivity index (χ0n) is 32.5. The number of hydrogen-bond donors (Lipinski definition) is 0. The summed E-state index contributed by atoms with van der Waals surface area (Å²) in [5.74, 6) is 1.22. The van der Waals surface area contributed by atoms with Crippen molar-refractivity contribution in [1.82, 2.24) is 0 Å². The standard InChI is InChI=1S/C48H55O.Zr/c1-28-24-36-38(26-32-14-13-15-35(32)43(36)30-16-20-33(21-17-30)46(3,4)5)41(28)42-29(2)25-37-39(42)27-40(48(9,10)11)45(49-12)44(37)31-18-22-34(23-19-31)47(6,7)8;/h16-27,41H,13-15H2,1-12H3;/q-1;. The van der Waals surface area contributed by atoms with Gasteiger partial charge in [0, 0.05) is 26.2 Å². The van der Waals surface area contributed by atoms with Gasteiger partial charge in [-0.15, -0.1) is 28.0 Å². The minimum absolute atomic E-state index is 0. The summed E-state index contributed by atoms with van der Waals surface area (Å²) in [5.41, 5.74) is 19.7. The maximum atomic E-state index is 6.35. The Balaban J connectivity index is 0.00000432. The van der Waals surface area contributed by atoms with Gasteiger partial charge in [-0.05, 0) is 110 Å². The molecule has 5 aromatic carbocycles. The van der Waals surface area contributed by atoms with Gasteiger partial charge in [0.1, 0.15) is 5.75 Å². The second kappa shape index (κ2) is 12.8. The van der Waals surface area contributed by atoms with Gasteiger partial charge in [0.2, 0.25) is 0 Å². The summed E-state index contributed by atoms with van der Waals surface area (Å²) < 4.78 is 6.35. The molecule has 0 aliphatic heterocycles. The maximum absolute atomic E-state index is 6.35. The molecule has 7 rings (SSSR count). The fourth-order valence-electron chi connectivity index (χ4n) is 8.72. The van der Waals surface area contributed by atoms with Gasteiger partial charge in [-0.2, -0.15) is 6.07 Å². The predicted molar refractivity (Wildman–Crippen MR) is 212 cm³/mol. The first-order valence-electron chi connectivity index (χ1n) is 18.4.